The maximum Gasteiger partial charge on any atom is 0.201 e. The molecule has 2 rings (SSSR count). The van der Waals surface area contributed by atoms with Gasteiger partial charge in [0.1, 0.15) is 6.29 Å². The van der Waals surface area contributed by atoms with Gasteiger partial charge in [-0.1, -0.05) is 13.3 Å². The lowest BCUT2D eigenvalue weighted by Gasteiger charge is -2.15. The van der Waals surface area contributed by atoms with Crippen molar-refractivity contribution in [3.8, 4) is 23.0 Å². The monoisotopic (exact) mass is 538 g/mol. The first-order valence-corrected chi connectivity index (χ1v) is 9.17. The molecule has 122 valence electrons. The number of aromatic hydroxyl groups is 1. The molecule has 0 saturated heterocycles. The highest BCUT2D eigenvalue weighted by Gasteiger charge is 2.16. The van der Waals surface area contributed by atoms with Crippen LogP contribution in [0.25, 0.3) is 0 Å². The SMILES string of the molecule is CCCc1cc(I)c(Oc2cc(C=O)cc(OC)c2O)c(I)c1. The molecule has 0 amide bonds. The van der Waals surface area contributed by atoms with Crippen LogP contribution < -0.4 is 9.47 Å². The average molecular weight is 538 g/mol. The van der Waals surface area contributed by atoms with E-state index in [0.717, 1.165) is 20.0 Å². The number of ether oxygens (including phenoxy) is 2. The lowest BCUT2D eigenvalue weighted by atomic mass is 10.1. The van der Waals surface area contributed by atoms with Gasteiger partial charge < -0.3 is 14.6 Å². The summed E-state index contributed by atoms with van der Waals surface area (Å²) in [6, 6.07) is 7.10. The number of aryl methyl sites for hydroxylation is 1. The van der Waals surface area contributed by atoms with E-state index in [2.05, 4.69) is 64.2 Å². The van der Waals surface area contributed by atoms with Gasteiger partial charge in [-0.05, 0) is 81.4 Å². The van der Waals surface area contributed by atoms with E-state index in [0.29, 0.717) is 17.6 Å². The van der Waals surface area contributed by atoms with Gasteiger partial charge in [-0.25, -0.2) is 0 Å². The van der Waals surface area contributed by atoms with Gasteiger partial charge in [-0.3, -0.25) is 4.79 Å². The normalized spacial score (nSPS) is 10.4. The van der Waals surface area contributed by atoms with Crippen LogP contribution in [0.5, 0.6) is 23.0 Å². The molecule has 0 atom stereocenters. The Kier molecular flexibility index (Phi) is 6.51. The highest BCUT2D eigenvalue weighted by Crippen LogP contribution is 2.41. The van der Waals surface area contributed by atoms with Gasteiger partial charge in [-0.15, -0.1) is 0 Å². The van der Waals surface area contributed by atoms with E-state index < -0.39 is 0 Å². The number of hydrogen-bond donors (Lipinski definition) is 1. The number of hydrogen-bond acceptors (Lipinski definition) is 4. The van der Waals surface area contributed by atoms with Crippen molar-refractivity contribution in [3.05, 3.63) is 42.5 Å². The molecule has 0 heterocycles. The molecular weight excluding hydrogens is 522 g/mol. The molecule has 0 radical (unpaired) electrons. The number of carbonyl (C=O) groups is 1. The summed E-state index contributed by atoms with van der Waals surface area (Å²) in [5, 5.41) is 10.2. The van der Waals surface area contributed by atoms with E-state index in [1.165, 1.54) is 24.8 Å². The minimum absolute atomic E-state index is 0.123. The van der Waals surface area contributed by atoms with Gasteiger partial charge in [0.2, 0.25) is 5.75 Å². The van der Waals surface area contributed by atoms with Gasteiger partial charge in [0.15, 0.2) is 17.2 Å². The predicted molar refractivity (Wildman–Crippen MR) is 106 cm³/mol. The van der Waals surface area contributed by atoms with Crippen molar-refractivity contribution in [1.29, 1.82) is 0 Å². The van der Waals surface area contributed by atoms with Crippen molar-refractivity contribution in [1.82, 2.24) is 0 Å². The molecule has 0 bridgehead atoms. The number of phenols is 1. The minimum Gasteiger partial charge on any atom is -0.502 e. The average Bonchev–Trinajstić information content (AvgIpc) is 2.52. The molecular formula is C17H16I2O4. The maximum atomic E-state index is 11.0. The zero-order valence-electron chi connectivity index (χ0n) is 12.7. The minimum atomic E-state index is -0.123. The van der Waals surface area contributed by atoms with Crippen LogP contribution in [0, 0.1) is 7.14 Å². The first-order valence-electron chi connectivity index (χ1n) is 7.02. The molecule has 0 fully saturated rings. The van der Waals surface area contributed by atoms with E-state index in [9.17, 15) is 9.90 Å². The summed E-state index contributed by atoms with van der Waals surface area (Å²) in [5.74, 6) is 0.941. The Morgan fingerprint density at radius 2 is 1.74 bits per heavy atom. The van der Waals surface area contributed by atoms with Crippen molar-refractivity contribution < 1.29 is 19.4 Å². The Hall–Kier alpha value is -1.03. The molecule has 23 heavy (non-hydrogen) atoms. The highest BCUT2D eigenvalue weighted by atomic mass is 127. The molecule has 0 aliphatic carbocycles. The molecule has 4 nitrogen and oxygen atoms in total. The summed E-state index contributed by atoms with van der Waals surface area (Å²) in [6.07, 6.45) is 2.77. The number of benzene rings is 2. The van der Waals surface area contributed by atoms with Crippen LogP contribution in [0.4, 0.5) is 0 Å². The molecule has 0 aliphatic rings. The Bertz CT molecular complexity index is 706. The van der Waals surface area contributed by atoms with E-state index in [-0.39, 0.29) is 17.2 Å². The van der Waals surface area contributed by atoms with Gasteiger partial charge >= 0.3 is 0 Å². The van der Waals surface area contributed by atoms with Gasteiger partial charge in [-0.2, -0.15) is 0 Å². The van der Waals surface area contributed by atoms with Gasteiger partial charge in [0.05, 0.1) is 14.3 Å². The van der Waals surface area contributed by atoms with Crippen molar-refractivity contribution in [2.75, 3.05) is 7.11 Å². The Labute approximate surface area is 162 Å². The van der Waals surface area contributed by atoms with Crippen LogP contribution in [0.3, 0.4) is 0 Å². The van der Waals surface area contributed by atoms with Gasteiger partial charge in [0, 0.05) is 5.56 Å². The third-order valence-electron chi connectivity index (χ3n) is 3.23. The fourth-order valence-electron chi connectivity index (χ4n) is 2.16. The summed E-state index contributed by atoms with van der Waals surface area (Å²) >= 11 is 4.43. The molecule has 0 spiro atoms. The second-order valence-corrected chi connectivity index (χ2v) is 7.25. The lowest BCUT2D eigenvalue weighted by Crippen LogP contribution is -1.96. The molecule has 2 aromatic rings. The van der Waals surface area contributed by atoms with E-state index in [1.807, 2.05) is 0 Å². The zero-order chi connectivity index (χ0) is 17.0. The van der Waals surface area contributed by atoms with Crippen LogP contribution in [-0.2, 0) is 6.42 Å². The zero-order valence-corrected chi connectivity index (χ0v) is 17.0. The van der Waals surface area contributed by atoms with E-state index >= 15 is 0 Å². The van der Waals surface area contributed by atoms with Crippen molar-refractivity contribution in [2.24, 2.45) is 0 Å². The Morgan fingerprint density at radius 3 is 2.26 bits per heavy atom. The quantitative estimate of drug-likeness (QED) is 0.408. The van der Waals surface area contributed by atoms with Gasteiger partial charge in [0.25, 0.3) is 0 Å². The number of methoxy groups -OCH3 is 1. The van der Waals surface area contributed by atoms with Crippen LogP contribution in [0.15, 0.2) is 24.3 Å². The standard InChI is InChI=1S/C17H16I2O4/c1-3-4-10-5-12(18)17(13(19)6-10)23-15-8-11(9-20)7-14(22-2)16(15)21/h5-9,21H,3-4H2,1-2H3. The van der Waals surface area contributed by atoms with Crippen molar-refractivity contribution in [2.45, 2.75) is 19.8 Å². The second kappa shape index (κ2) is 8.18. The first kappa shape index (κ1) is 18.3. The molecule has 6 heteroatoms. The number of halogens is 2. The van der Waals surface area contributed by atoms with Crippen molar-refractivity contribution >= 4 is 51.5 Å². The maximum absolute atomic E-state index is 11.0. The van der Waals surface area contributed by atoms with Crippen molar-refractivity contribution in [3.63, 3.8) is 0 Å². The Balaban J connectivity index is 2.45. The third-order valence-corrected chi connectivity index (χ3v) is 4.83. The summed E-state index contributed by atoms with van der Waals surface area (Å²) in [5.41, 5.74) is 1.62. The largest absolute Gasteiger partial charge is 0.502 e. The molecule has 2 aromatic carbocycles. The fourth-order valence-corrected chi connectivity index (χ4v) is 4.27. The topological polar surface area (TPSA) is 55.8 Å². The summed E-state index contributed by atoms with van der Waals surface area (Å²) in [7, 11) is 1.43. The van der Waals surface area contributed by atoms with E-state index in [4.69, 9.17) is 9.47 Å². The lowest BCUT2D eigenvalue weighted by molar-refractivity contribution is 0.112. The second-order valence-electron chi connectivity index (χ2n) is 4.93. The Morgan fingerprint density at radius 1 is 1.13 bits per heavy atom. The summed E-state index contributed by atoms with van der Waals surface area (Å²) in [4.78, 5) is 11.0. The molecule has 0 unspecified atom stereocenters. The number of aldehydes is 1. The smallest absolute Gasteiger partial charge is 0.201 e. The van der Waals surface area contributed by atoms with E-state index in [1.54, 1.807) is 0 Å². The fraction of sp³-hybridized carbons (Fsp3) is 0.235. The number of rotatable bonds is 6. The van der Waals surface area contributed by atoms with Crippen LogP contribution >= 0.6 is 45.2 Å². The molecule has 0 saturated carbocycles. The highest BCUT2D eigenvalue weighted by molar-refractivity contribution is 14.1. The molecule has 0 aromatic heterocycles. The molecule has 1 N–H and O–H groups in total. The third kappa shape index (κ3) is 4.28. The summed E-state index contributed by atoms with van der Waals surface area (Å²) < 4.78 is 12.9. The van der Waals surface area contributed by atoms with Crippen LogP contribution in [0.1, 0.15) is 29.3 Å². The summed E-state index contributed by atoms with van der Waals surface area (Å²) in [6.45, 7) is 2.14. The number of phenolic OH excluding ortho intramolecular Hbond substituents is 1. The first-order chi connectivity index (χ1) is 11.0. The predicted octanol–water partition coefficient (Wildman–Crippen LogP) is 5.17. The molecule has 0 aliphatic heterocycles. The van der Waals surface area contributed by atoms with Crippen LogP contribution in [-0.4, -0.2) is 18.5 Å². The number of carbonyl (C=O) groups excluding carboxylic acids is 1. The van der Waals surface area contributed by atoms with Crippen LogP contribution in [0.2, 0.25) is 0 Å².